The van der Waals surface area contributed by atoms with Crippen LogP contribution in [0.1, 0.15) is 29.3 Å². The second-order valence-electron chi connectivity index (χ2n) is 5.14. The van der Waals surface area contributed by atoms with E-state index in [1.54, 1.807) is 24.3 Å². The van der Waals surface area contributed by atoms with Gasteiger partial charge in [0.15, 0.2) is 6.61 Å². The fourth-order valence-electron chi connectivity index (χ4n) is 2.21. The number of aryl methyl sites for hydroxylation is 1. The summed E-state index contributed by atoms with van der Waals surface area (Å²) >= 11 is 0. The third kappa shape index (κ3) is 4.85. The van der Waals surface area contributed by atoms with Gasteiger partial charge in [-0.25, -0.2) is 0 Å². The zero-order chi connectivity index (χ0) is 16.7. The van der Waals surface area contributed by atoms with Crippen molar-refractivity contribution in [3.8, 4) is 5.75 Å². The largest absolute Gasteiger partial charge is 0.484 e. The number of anilines is 1. The molecule has 2 rings (SSSR count). The molecule has 0 radical (unpaired) electrons. The van der Waals surface area contributed by atoms with Crippen LogP contribution in [0.3, 0.4) is 0 Å². The van der Waals surface area contributed by atoms with Crippen LogP contribution in [0.5, 0.6) is 5.75 Å². The SMILES string of the molecule is CCCc1ccccc1NC(=O)c1cccc(OCC(N)=O)c1. The van der Waals surface area contributed by atoms with Gasteiger partial charge in [0, 0.05) is 11.3 Å². The molecule has 0 fully saturated rings. The lowest BCUT2D eigenvalue weighted by Gasteiger charge is -2.11. The van der Waals surface area contributed by atoms with Crippen molar-refractivity contribution in [3.63, 3.8) is 0 Å². The van der Waals surface area contributed by atoms with E-state index < -0.39 is 5.91 Å². The van der Waals surface area contributed by atoms with E-state index in [1.807, 2.05) is 24.3 Å². The van der Waals surface area contributed by atoms with Gasteiger partial charge in [0.2, 0.25) is 0 Å². The summed E-state index contributed by atoms with van der Waals surface area (Å²) < 4.78 is 5.22. The van der Waals surface area contributed by atoms with Crippen LogP contribution in [-0.2, 0) is 11.2 Å². The van der Waals surface area contributed by atoms with Crippen molar-refractivity contribution in [1.29, 1.82) is 0 Å². The molecule has 2 amide bonds. The summed E-state index contributed by atoms with van der Waals surface area (Å²) in [5.41, 5.74) is 7.41. The van der Waals surface area contributed by atoms with Crippen molar-refractivity contribution in [2.24, 2.45) is 5.73 Å². The van der Waals surface area contributed by atoms with Gasteiger partial charge in [0.05, 0.1) is 0 Å². The molecule has 3 N–H and O–H groups in total. The smallest absolute Gasteiger partial charge is 0.255 e. The van der Waals surface area contributed by atoms with Gasteiger partial charge in [-0.05, 0) is 36.2 Å². The number of amides is 2. The summed E-state index contributed by atoms with van der Waals surface area (Å²) in [4.78, 5) is 23.2. The predicted octanol–water partition coefficient (Wildman–Crippen LogP) is 2.76. The molecule has 0 saturated carbocycles. The van der Waals surface area contributed by atoms with E-state index in [-0.39, 0.29) is 12.5 Å². The Balaban J connectivity index is 2.12. The monoisotopic (exact) mass is 312 g/mol. The second kappa shape index (κ2) is 7.98. The van der Waals surface area contributed by atoms with Crippen molar-refractivity contribution >= 4 is 17.5 Å². The Labute approximate surface area is 135 Å². The van der Waals surface area contributed by atoms with Crippen molar-refractivity contribution in [2.45, 2.75) is 19.8 Å². The summed E-state index contributed by atoms with van der Waals surface area (Å²) in [6.45, 7) is 1.88. The van der Waals surface area contributed by atoms with Gasteiger partial charge in [-0.3, -0.25) is 9.59 Å². The maximum atomic E-state index is 12.4. The summed E-state index contributed by atoms with van der Waals surface area (Å²) in [7, 11) is 0. The van der Waals surface area contributed by atoms with E-state index in [4.69, 9.17) is 10.5 Å². The predicted molar refractivity (Wildman–Crippen MR) is 89.5 cm³/mol. The number of primary amides is 1. The lowest BCUT2D eigenvalue weighted by Crippen LogP contribution is -2.20. The number of rotatable bonds is 7. The fraction of sp³-hybridized carbons (Fsp3) is 0.222. The Bertz CT molecular complexity index is 698. The molecule has 5 nitrogen and oxygen atoms in total. The molecule has 0 aliphatic heterocycles. The molecular formula is C18H20N2O3. The van der Waals surface area contributed by atoms with Crippen LogP contribution in [-0.4, -0.2) is 18.4 Å². The normalized spacial score (nSPS) is 10.1. The topological polar surface area (TPSA) is 81.4 Å². The lowest BCUT2D eigenvalue weighted by molar-refractivity contribution is -0.119. The average Bonchev–Trinajstić information content (AvgIpc) is 2.55. The molecule has 0 aromatic heterocycles. The van der Waals surface area contributed by atoms with Gasteiger partial charge in [-0.1, -0.05) is 37.6 Å². The number of ether oxygens (including phenoxy) is 1. The van der Waals surface area contributed by atoms with Crippen LogP contribution in [0.2, 0.25) is 0 Å². The number of benzene rings is 2. The van der Waals surface area contributed by atoms with Crippen molar-refractivity contribution < 1.29 is 14.3 Å². The highest BCUT2D eigenvalue weighted by molar-refractivity contribution is 6.04. The standard InChI is InChI=1S/C18H20N2O3/c1-2-6-13-7-3-4-10-16(13)20-18(22)14-8-5-9-15(11-14)23-12-17(19)21/h3-5,7-11H,2,6,12H2,1H3,(H2,19,21)(H,20,22). The number of nitrogens with one attached hydrogen (secondary N) is 1. The van der Waals surface area contributed by atoms with Gasteiger partial charge in [0.25, 0.3) is 11.8 Å². The van der Waals surface area contributed by atoms with Gasteiger partial charge in [-0.15, -0.1) is 0 Å². The Kier molecular flexibility index (Phi) is 5.74. The molecule has 2 aromatic carbocycles. The Morgan fingerprint density at radius 1 is 1.13 bits per heavy atom. The zero-order valence-electron chi connectivity index (χ0n) is 13.0. The van der Waals surface area contributed by atoms with Crippen LogP contribution in [0.25, 0.3) is 0 Å². The molecule has 0 saturated heterocycles. The van der Waals surface area contributed by atoms with E-state index in [0.717, 1.165) is 24.1 Å². The van der Waals surface area contributed by atoms with Crippen molar-refractivity contribution in [3.05, 3.63) is 59.7 Å². The first-order chi connectivity index (χ1) is 11.1. The number of carbonyl (C=O) groups is 2. The highest BCUT2D eigenvalue weighted by atomic mass is 16.5. The molecule has 5 heteroatoms. The number of nitrogens with two attached hydrogens (primary N) is 1. The fourth-order valence-corrected chi connectivity index (χ4v) is 2.21. The highest BCUT2D eigenvalue weighted by Crippen LogP contribution is 2.19. The van der Waals surface area contributed by atoms with Crippen LogP contribution >= 0.6 is 0 Å². The van der Waals surface area contributed by atoms with E-state index in [9.17, 15) is 9.59 Å². The Morgan fingerprint density at radius 2 is 1.91 bits per heavy atom. The summed E-state index contributed by atoms with van der Waals surface area (Å²) in [5, 5.41) is 2.92. The number of hydrogen-bond donors (Lipinski definition) is 2. The van der Waals surface area contributed by atoms with Crippen molar-refractivity contribution in [2.75, 3.05) is 11.9 Å². The first-order valence-electron chi connectivity index (χ1n) is 7.50. The third-order valence-corrected chi connectivity index (χ3v) is 3.26. The molecule has 0 atom stereocenters. The minimum atomic E-state index is -0.562. The van der Waals surface area contributed by atoms with Gasteiger partial charge < -0.3 is 15.8 Å². The molecule has 120 valence electrons. The third-order valence-electron chi connectivity index (χ3n) is 3.26. The number of carbonyl (C=O) groups excluding carboxylic acids is 2. The highest BCUT2D eigenvalue weighted by Gasteiger charge is 2.10. The molecular weight excluding hydrogens is 292 g/mol. The molecule has 0 heterocycles. The molecule has 0 aliphatic carbocycles. The van der Waals surface area contributed by atoms with E-state index in [0.29, 0.717) is 11.3 Å². The summed E-state index contributed by atoms with van der Waals surface area (Å²) in [6.07, 6.45) is 1.90. The first kappa shape index (κ1) is 16.5. The van der Waals surface area contributed by atoms with Crippen LogP contribution in [0.15, 0.2) is 48.5 Å². The van der Waals surface area contributed by atoms with E-state index in [2.05, 4.69) is 12.2 Å². The molecule has 0 aliphatic rings. The summed E-state index contributed by atoms with van der Waals surface area (Å²) in [6, 6.07) is 14.4. The van der Waals surface area contributed by atoms with Crippen molar-refractivity contribution in [1.82, 2.24) is 0 Å². The summed E-state index contributed by atoms with van der Waals surface area (Å²) in [5.74, 6) is -0.357. The zero-order valence-corrected chi connectivity index (χ0v) is 13.0. The minimum Gasteiger partial charge on any atom is -0.484 e. The van der Waals surface area contributed by atoms with Crippen LogP contribution < -0.4 is 15.8 Å². The molecule has 0 unspecified atom stereocenters. The molecule has 0 spiro atoms. The quantitative estimate of drug-likeness (QED) is 0.825. The van der Waals surface area contributed by atoms with E-state index >= 15 is 0 Å². The van der Waals surface area contributed by atoms with Gasteiger partial charge in [0.1, 0.15) is 5.75 Å². The maximum Gasteiger partial charge on any atom is 0.255 e. The van der Waals surface area contributed by atoms with Crippen LogP contribution in [0.4, 0.5) is 5.69 Å². The number of hydrogen-bond acceptors (Lipinski definition) is 3. The first-order valence-corrected chi connectivity index (χ1v) is 7.50. The minimum absolute atomic E-state index is 0.218. The van der Waals surface area contributed by atoms with Gasteiger partial charge >= 0.3 is 0 Å². The second-order valence-corrected chi connectivity index (χ2v) is 5.14. The van der Waals surface area contributed by atoms with Gasteiger partial charge in [-0.2, -0.15) is 0 Å². The number of para-hydroxylation sites is 1. The maximum absolute atomic E-state index is 12.4. The Morgan fingerprint density at radius 3 is 2.65 bits per heavy atom. The lowest BCUT2D eigenvalue weighted by atomic mass is 10.1. The molecule has 0 bridgehead atoms. The average molecular weight is 312 g/mol. The van der Waals surface area contributed by atoms with Crippen LogP contribution in [0, 0.1) is 0 Å². The van der Waals surface area contributed by atoms with E-state index in [1.165, 1.54) is 0 Å². The Hall–Kier alpha value is -2.82. The molecule has 23 heavy (non-hydrogen) atoms. The molecule has 2 aromatic rings.